The first-order valence-electron chi connectivity index (χ1n) is 10.6. The maximum atomic E-state index is 13.0. The highest BCUT2D eigenvalue weighted by Gasteiger charge is 2.48. The Kier molecular flexibility index (Phi) is 12.1. The molecule has 0 aliphatic carbocycles. The van der Waals surface area contributed by atoms with Crippen molar-refractivity contribution >= 4 is 17.9 Å². The van der Waals surface area contributed by atoms with Crippen LogP contribution in [0.25, 0.3) is 0 Å². The molecule has 172 valence electrons. The molecule has 0 aliphatic heterocycles. The summed E-state index contributed by atoms with van der Waals surface area (Å²) in [4.78, 5) is 37.7. The quantitative estimate of drug-likeness (QED) is 0.133. The predicted octanol–water partition coefficient (Wildman–Crippen LogP) is 4.06. The molecule has 0 spiro atoms. The van der Waals surface area contributed by atoms with Gasteiger partial charge in [-0.3, -0.25) is 14.4 Å². The molecule has 32 heavy (non-hydrogen) atoms. The molecule has 0 bridgehead atoms. The van der Waals surface area contributed by atoms with E-state index in [0.717, 1.165) is 5.56 Å². The zero-order valence-electron chi connectivity index (χ0n) is 18.6. The van der Waals surface area contributed by atoms with Crippen molar-refractivity contribution in [1.29, 1.82) is 5.26 Å². The normalized spacial score (nSPS) is 10.5. The molecule has 0 aliphatic rings. The fourth-order valence-electron chi connectivity index (χ4n) is 3.20. The van der Waals surface area contributed by atoms with Gasteiger partial charge in [0, 0.05) is 6.42 Å². The van der Waals surface area contributed by atoms with Crippen LogP contribution in [0.15, 0.2) is 49.6 Å². The van der Waals surface area contributed by atoms with Crippen LogP contribution in [0.5, 0.6) is 0 Å². The molecule has 0 radical (unpaired) electrons. The van der Waals surface area contributed by atoms with Gasteiger partial charge in [0.15, 0.2) is 5.41 Å². The zero-order chi connectivity index (χ0) is 23.8. The number of unbranched alkanes of at least 4 members (excludes halogenated alkanes) is 1. The van der Waals surface area contributed by atoms with Gasteiger partial charge in [-0.25, -0.2) is 0 Å². The lowest BCUT2D eigenvalue weighted by molar-refractivity contribution is -0.172. The standard InChI is InChI=1S/C25H31NO6/c1-4-17-31-23(28)25(24(29)32-18-5-2,15-8-7-9-22(27)30-6-3)16-14-20-10-12-21(19-26)13-11-20/h4-5,10-13H,1-2,6-9,14-18H2,3H3. The van der Waals surface area contributed by atoms with E-state index in [2.05, 4.69) is 19.2 Å². The second kappa shape index (κ2) is 14.6. The molecular weight excluding hydrogens is 410 g/mol. The van der Waals surface area contributed by atoms with Gasteiger partial charge >= 0.3 is 17.9 Å². The molecule has 0 saturated heterocycles. The summed E-state index contributed by atoms with van der Waals surface area (Å²) in [6.07, 6.45) is 4.66. The molecule has 0 aromatic heterocycles. The number of ether oxygens (including phenoxy) is 3. The Bertz CT molecular complexity index is 798. The molecule has 0 atom stereocenters. The second-order valence-corrected chi connectivity index (χ2v) is 7.18. The number of aryl methyl sites for hydroxylation is 1. The topological polar surface area (TPSA) is 103 Å². The third kappa shape index (κ3) is 8.38. The number of carbonyl (C=O) groups is 3. The van der Waals surface area contributed by atoms with Gasteiger partial charge < -0.3 is 14.2 Å². The summed E-state index contributed by atoms with van der Waals surface area (Å²) < 4.78 is 15.5. The highest BCUT2D eigenvalue weighted by molar-refractivity contribution is 6.00. The first kappa shape index (κ1) is 26.6. The molecule has 7 heteroatoms. The molecule has 0 heterocycles. The maximum absolute atomic E-state index is 13.0. The average molecular weight is 442 g/mol. The van der Waals surface area contributed by atoms with Crippen LogP contribution in [0.3, 0.4) is 0 Å². The maximum Gasteiger partial charge on any atom is 0.323 e. The van der Waals surface area contributed by atoms with E-state index in [0.29, 0.717) is 31.4 Å². The van der Waals surface area contributed by atoms with E-state index in [4.69, 9.17) is 19.5 Å². The number of benzene rings is 1. The number of hydrogen-bond donors (Lipinski definition) is 0. The van der Waals surface area contributed by atoms with Crippen molar-refractivity contribution in [2.75, 3.05) is 19.8 Å². The SMILES string of the molecule is C=CCOC(=O)C(CCCCC(=O)OCC)(CCc1ccc(C#N)cc1)C(=O)OCC=C. The van der Waals surface area contributed by atoms with Gasteiger partial charge in [0.25, 0.3) is 0 Å². The molecule has 0 saturated carbocycles. The molecule has 1 aromatic rings. The largest absolute Gasteiger partial charge is 0.466 e. The summed E-state index contributed by atoms with van der Waals surface area (Å²) in [6, 6.07) is 8.99. The lowest BCUT2D eigenvalue weighted by Gasteiger charge is -2.29. The number of rotatable bonds is 15. The van der Waals surface area contributed by atoms with E-state index >= 15 is 0 Å². The Morgan fingerprint density at radius 3 is 2.06 bits per heavy atom. The second-order valence-electron chi connectivity index (χ2n) is 7.18. The van der Waals surface area contributed by atoms with Gasteiger partial charge in [-0.15, -0.1) is 0 Å². The van der Waals surface area contributed by atoms with E-state index in [1.54, 1.807) is 31.2 Å². The van der Waals surface area contributed by atoms with Gasteiger partial charge in [0.1, 0.15) is 13.2 Å². The number of esters is 3. The summed E-state index contributed by atoms with van der Waals surface area (Å²) in [6.45, 7) is 9.06. The number of nitriles is 1. The molecule has 0 fully saturated rings. The highest BCUT2D eigenvalue weighted by atomic mass is 16.6. The average Bonchev–Trinajstić information content (AvgIpc) is 2.81. The van der Waals surface area contributed by atoms with Crippen LogP contribution in [0.1, 0.15) is 50.2 Å². The van der Waals surface area contributed by atoms with Crippen molar-refractivity contribution in [2.45, 2.75) is 45.4 Å². The summed E-state index contributed by atoms with van der Waals surface area (Å²) in [5.41, 5.74) is -0.142. The smallest absolute Gasteiger partial charge is 0.323 e. The van der Waals surface area contributed by atoms with Crippen molar-refractivity contribution in [3.8, 4) is 6.07 Å². The summed E-state index contributed by atoms with van der Waals surface area (Å²) in [5, 5.41) is 8.97. The van der Waals surface area contributed by atoms with Gasteiger partial charge in [0.05, 0.1) is 18.2 Å². The van der Waals surface area contributed by atoms with E-state index < -0.39 is 17.4 Å². The van der Waals surface area contributed by atoms with E-state index in [1.165, 1.54) is 12.2 Å². The van der Waals surface area contributed by atoms with Crippen molar-refractivity contribution in [3.05, 3.63) is 60.7 Å². The van der Waals surface area contributed by atoms with Gasteiger partial charge in [-0.2, -0.15) is 5.26 Å². The van der Waals surface area contributed by atoms with Crippen LogP contribution in [0, 0.1) is 16.7 Å². The number of carbonyl (C=O) groups excluding carboxylic acids is 3. The van der Waals surface area contributed by atoms with Gasteiger partial charge in [-0.1, -0.05) is 43.9 Å². The van der Waals surface area contributed by atoms with Crippen LogP contribution in [0.2, 0.25) is 0 Å². The molecular formula is C25H31NO6. The first-order chi connectivity index (χ1) is 15.4. The summed E-state index contributed by atoms with van der Waals surface area (Å²) >= 11 is 0. The Morgan fingerprint density at radius 2 is 1.56 bits per heavy atom. The Balaban J connectivity index is 3.08. The molecule has 0 amide bonds. The fourth-order valence-corrected chi connectivity index (χ4v) is 3.20. The number of hydrogen-bond acceptors (Lipinski definition) is 7. The van der Waals surface area contributed by atoms with Crippen LogP contribution in [-0.2, 0) is 35.0 Å². The monoisotopic (exact) mass is 441 g/mol. The van der Waals surface area contributed by atoms with Crippen molar-refractivity contribution < 1.29 is 28.6 Å². The van der Waals surface area contributed by atoms with Crippen LogP contribution in [-0.4, -0.2) is 37.7 Å². The lowest BCUT2D eigenvalue weighted by Crippen LogP contribution is -2.42. The van der Waals surface area contributed by atoms with E-state index in [9.17, 15) is 14.4 Å². The minimum Gasteiger partial charge on any atom is -0.466 e. The van der Waals surface area contributed by atoms with Crippen LogP contribution >= 0.6 is 0 Å². The highest BCUT2D eigenvalue weighted by Crippen LogP contribution is 2.35. The predicted molar refractivity (Wildman–Crippen MR) is 119 cm³/mol. The van der Waals surface area contributed by atoms with Crippen LogP contribution < -0.4 is 0 Å². The minimum absolute atomic E-state index is 0.0327. The molecule has 0 unspecified atom stereocenters. The Morgan fingerprint density at radius 1 is 0.969 bits per heavy atom. The lowest BCUT2D eigenvalue weighted by atomic mass is 9.77. The van der Waals surface area contributed by atoms with Gasteiger partial charge in [-0.05, 0) is 50.3 Å². The molecule has 0 N–H and O–H groups in total. The Labute approximate surface area is 189 Å². The van der Waals surface area contributed by atoms with Crippen molar-refractivity contribution in [2.24, 2.45) is 5.41 Å². The minimum atomic E-state index is -1.53. The Hall–Kier alpha value is -3.40. The summed E-state index contributed by atoms with van der Waals surface area (Å²) in [5.74, 6) is -1.69. The van der Waals surface area contributed by atoms with E-state index in [-0.39, 0.29) is 38.4 Å². The summed E-state index contributed by atoms with van der Waals surface area (Å²) in [7, 11) is 0. The molecule has 1 aromatic carbocycles. The third-order valence-corrected chi connectivity index (χ3v) is 4.91. The van der Waals surface area contributed by atoms with Crippen LogP contribution in [0.4, 0.5) is 0 Å². The zero-order valence-corrected chi connectivity index (χ0v) is 18.6. The van der Waals surface area contributed by atoms with Crippen molar-refractivity contribution in [3.63, 3.8) is 0 Å². The van der Waals surface area contributed by atoms with Gasteiger partial charge in [0.2, 0.25) is 0 Å². The molecule has 7 nitrogen and oxygen atoms in total. The number of nitrogens with zero attached hydrogens (tertiary/aromatic N) is 1. The fraction of sp³-hybridized carbons (Fsp3) is 0.440. The van der Waals surface area contributed by atoms with E-state index in [1.807, 2.05) is 0 Å². The third-order valence-electron chi connectivity index (χ3n) is 4.91. The first-order valence-corrected chi connectivity index (χ1v) is 10.6. The molecule has 1 rings (SSSR count). The van der Waals surface area contributed by atoms with Crippen molar-refractivity contribution in [1.82, 2.24) is 0 Å².